The van der Waals surface area contributed by atoms with Crippen LogP contribution in [0, 0.1) is 0 Å². The standard InChI is InChI=1S/C12H17N3O2/c1-17-12(16)9-5-6-14-11(10(9)13)15-7-3-2-4-8-15/h5-6H,2-4,7-8,13H2,1H3. The average molecular weight is 235 g/mol. The van der Waals surface area contributed by atoms with Crippen molar-refractivity contribution in [3.8, 4) is 0 Å². The lowest BCUT2D eigenvalue weighted by molar-refractivity contribution is 0.0602. The van der Waals surface area contributed by atoms with Gasteiger partial charge in [-0.05, 0) is 25.3 Å². The Bertz CT molecular complexity index is 414. The molecule has 0 bridgehead atoms. The van der Waals surface area contributed by atoms with Crippen molar-refractivity contribution < 1.29 is 9.53 Å². The molecule has 5 heteroatoms. The van der Waals surface area contributed by atoms with Crippen LogP contribution in [0.2, 0.25) is 0 Å². The van der Waals surface area contributed by atoms with Crippen molar-refractivity contribution in [2.45, 2.75) is 19.3 Å². The second-order valence-corrected chi connectivity index (χ2v) is 4.14. The molecule has 0 aliphatic carbocycles. The van der Waals surface area contributed by atoms with Crippen molar-refractivity contribution in [3.05, 3.63) is 17.8 Å². The number of methoxy groups -OCH3 is 1. The summed E-state index contributed by atoms with van der Waals surface area (Å²) in [7, 11) is 1.35. The third-order valence-electron chi connectivity index (χ3n) is 3.03. The highest BCUT2D eigenvalue weighted by Crippen LogP contribution is 2.26. The summed E-state index contributed by atoms with van der Waals surface area (Å²) in [5.41, 5.74) is 6.80. The largest absolute Gasteiger partial charge is 0.465 e. The smallest absolute Gasteiger partial charge is 0.340 e. The van der Waals surface area contributed by atoms with Gasteiger partial charge in [0.1, 0.15) is 0 Å². The predicted octanol–water partition coefficient (Wildman–Crippen LogP) is 1.44. The number of aromatic nitrogens is 1. The molecule has 0 amide bonds. The van der Waals surface area contributed by atoms with Crippen LogP contribution >= 0.6 is 0 Å². The van der Waals surface area contributed by atoms with Crippen LogP contribution in [-0.2, 0) is 4.74 Å². The van der Waals surface area contributed by atoms with Crippen molar-refractivity contribution in [2.24, 2.45) is 0 Å². The van der Waals surface area contributed by atoms with E-state index < -0.39 is 5.97 Å². The van der Waals surface area contributed by atoms with E-state index in [0.29, 0.717) is 17.1 Å². The molecule has 2 heterocycles. The van der Waals surface area contributed by atoms with Gasteiger partial charge in [0, 0.05) is 19.3 Å². The van der Waals surface area contributed by atoms with Crippen LogP contribution in [0.4, 0.5) is 11.5 Å². The lowest BCUT2D eigenvalue weighted by Gasteiger charge is -2.28. The molecule has 1 aliphatic rings. The van der Waals surface area contributed by atoms with Crippen LogP contribution in [0.15, 0.2) is 12.3 Å². The van der Waals surface area contributed by atoms with Crippen molar-refractivity contribution in [2.75, 3.05) is 30.8 Å². The van der Waals surface area contributed by atoms with E-state index in [1.54, 1.807) is 12.3 Å². The Kier molecular flexibility index (Phi) is 3.46. The summed E-state index contributed by atoms with van der Waals surface area (Å²) < 4.78 is 4.69. The molecule has 1 aromatic heterocycles. The Morgan fingerprint density at radius 2 is 2.12 bits per heavy atom. The Morgan fingerprint density at radius 3 is 2.76 bits per heavy atom. The molecule has 1 fully saturated rings. The first-order valence-electron chi connectivity index (χ1n) is 5.82. The number of nitrogens with two attached hydrogens (primary N) is 1. The van der Waals surface area contributed by atoms with Gasteiger partial charge in [0.25, 0.3) is 0 Å². The molecule has 1 saturated heterocycles. The molecule has 0 saturated carbocycles. The average Bonchev–Trinajstić information content (AvgIpc) is 2.39. The second-order valence-electron chi connectivity index (χ2n) is 4.14. The van der Waals surface area contributed by atoms with E-state index in [2.05, 4.69) is 9.88 Å². The minimum absolute atomic E-state index is 0.392. The summed E-state index contributed by atoms with van der Waals surface area (Å²) in [6.45, 7) is 1.89. The first kappa shape index (κ1) is 11.7. The molecule has 0 atom stereocenters. The van der Waals surface area contributed by atoms with E-state index in [1.165, 1.54) is 13.5 Å². The third kappa shape index (κ3) is 2.33. The van der Waals surface area contributed by atoms with Crippen molar-refractivity contribution in [1.29, 1.82) is 0 Å². The molecule has 0 aromatic carbocycles. The molecular weight excluding hydrogens is 218 g/mol. The molecule has 2 rings (SSSR count). The lowest BCUT2D eigenvalue weighted by Crippen LogP contribution is -2.31. The quantitative estimate of drug-likeness (QED) is 0.785. The number of nitrogens with zero attached hydrogens (tertiary/aromatic N) is 2. The molecule has 5 nitrogen and oxygen atoms in total. The van der Waals surface area contributed by atoms with Crippen molar-refractivity contribution >= 4 is 17.5 Å². The van der Waals surface area contributed by atoms with Gasteiger partial charge in [-0.3, -0.25) is 0 Å². The highest BCUT2D eigenvalue weighted by Gasteiger charge is 2.19. The van der Waals surface area contributed by atoms with E-state index in [4.69, 9.17) is 10.5 Å². The number of rotatable bonds is 2. The van der Waals surface area contributed by atoms with Gasteiger partial charge in [-0.2, -0.15) is 0 Å². The molecule has 92 valence electrons. The summed E-state index contributed by atoms with van der Waals surface area (Å²) in [5.74, 6) is 0.288. The normalized spacial score (nSPS) is 15.7. The fraction of sp³-hybridized carbons (Fsp3) is 0.500. The molecule has 0 unspecified atom stereocenters. The molecule has 2 N–H and O–H groups in total. The Hall–Kier alpha value is -1.78. The van der Waals surface area contributed by atoms with Gasteiger partial charge in [-0.15, -0.1) is 0 Å². The first-order valence-corrected chi connectivity index (χ1v) is 5.82. The van der Waals surface area contributed by atoms with Crippen LogP contribution in [-0.4, -0.2) is 31.2 Å². The number of anilines is 2. The number of hydrogen-bond donors (Lipinski definition) is 1. The van der Waals surface area contributed by atoms with Gasteiger partial charge in [0.2, 0.25) is 0 Å². The van der Waals surface area contributed by atoms with Crippen molar-refractivity contribution in [3.63, 3.8) is 0 Å². The molecule has 0 spiro atoms. The molecule has 1 aliphatic heterocycles. The number of esters is 1. The lowest BCUT2D eigenvalue weighted by atomic mass is 10.1. The zero-order valence-corrected chi connectivity index (χ0v) is 9.98. The van der Waals surface area contributed by atoms with Crippen LogP contribution in [0.1, 0.15) is 29.6 Å². The summed E-state index contributed by atoms with van der Waals surface area (Å²) in [5, 5.41) is 0. The number of pyridine rings is 1. The molecule has 0 radical (unpaired) electrons. The van der Waals surface area contributed by atoms with E-state index in [1.807, 2.05) is 0 Å². The van der Waals surface area contributed by atoms with Gasteiger partial charge in [0.15, 0.2) is 5.82 Å². The maximum atomic E-state index is 11.5. The predicted molar refractivity (Wildman–Crippen MR) is 66.1 cm³/mol. The van der Waals surface area contributed by atoms with E-state index in [9.17, 15) is 4.79 Å². The minimum Gasteiger partial charge on any atom is -0.465 e. The fourth-order valence-electron chi connectivity index (χ4n) is 2.11. The van der Waals surface area contributed by atoms with E-state index in [-0.39, 0.29) is 0 Å². The maximum Gasteiger partial charge on any atom is 0.340 e. The van der Waals surface area contributed by atoms with Crippen LogP contribution < -0.4 is 10.6 Å². The number of ether oxygens (including phenoxy) is 1. The van der Waals surface area contributed by atoms with Gasteiger partial charge >= 0.3 is 5.97 Å². The number of piperidine rings is 1. The summed E-state index contributed by atoms with van der Waals surface area (Å²) in [4.78, 5) is 17.9. The molecular formula is C12H17N3O2. The number of nitrogen functional groups attached to an aromatic ring is 1. The van der Waals surface area contributed by atoms with Crippen LogP contribution in [0.3, 0.4) is 0 Å². The number of carbonyl (C=O) groups is 1. The zero-order valence-electron chi connectivity index (χ0n) is 9.98. The second kappa shape index (κ2) is 5.03. The Balaban J connectivity index is 2.31. The van der Waals surface area contributed by atoms with Gasteiger partial charge < -0.3 is 15.4 Å². The van der Waals surface area contributed by atoms with E-state index in [0.717, 1.165) is 25.9 Å². The Morgan fingerprint density at radius 1 is 1.41 bits per heavy atom. The maximum absolute atomic E-state index is 11.5. The summed E-state index contributed by atoms with van der Waals surface area (Å²) in [6.07, 6.45) is 5.13. The van der Waals surface area contributed by atoms with Gasteiger partial charge in [-0.25, -0.2) is 9.78 Å². The van der Waals surface area contributed by atoms with E-state index >= 15 is 0 Å². The summed E-state index contributed by atoms with van der Waals surface area (Å²) in [6, 6.07) is 1.59. The monoisotopic (exact) mass is 235 g/mol. The topological polar surface area (TPSA) is 68.5 Å². The molecule has 17 heavy (non-hydrogen) atoms. The summed E-state index contributed by atoms with van der Waals surface area (Å²) >= 11 is 0. The van der Waals surface area contributed by atoms with Gasteiger partial charge in [0.05, 0.1) is 18.4 Å². The highest BCUT2D eigenvalue weighted by atomic mass is 16.5. The molecule has 1 aromatic rings. The van der Waals surface area contributed by atoms with Crippen LogP contribution in [0.5, 0.6) is 0 Å². The SMILES string of the molecule is COC(=O)c1ccnc(N2CCCCC2)c1N. The number of carbonyl (C=O) groups excluding carboxylic acids is 1. The first-order chi connectivity index (χ1) is 8.24. The third-order valence-corrected chi connectivity index (χ3v) is 3.03. The minimum atomic E-state index is -0.414. The zero-order chi connectivity index (χ0) is 12.3. The number of hydrogen-bond acceptors (Lipinski definition) is 5. The highest BCUT2D eigenvalue weighted by molar-refractivity contribution is 5.97. The van der Waals surface area contributed by atoms with Gasteiger partial charge in [-0.1, -0.05) is 0 Å². The van der Waals surface area contributed by atoms with Crippen molar-refractivity contribution in [1.82, 2.24) is 4.98 Å². The van der Waals surface area contributed by atoms with Crippen LogP contribution in [0.25, 0.3) is 0 Å². The Labute approximate surface area is 101 Å². The fourth-order valence-corrected chi connectivity index (χ4v) is 2.11.